The normalized spacial score (nSPS) is 12.5. The van der Waals surface area contributed by atoms with E-state index < -0.39 is 12.1 Å². The van der Waals surface area contributed by atoms with Crippen molar-refractivity contribution in [3.05, 3.63) is 0 Å². The SMILES string of the molecule is CCCCCCCCCCCCCCCCCCCC(O)C(CO)NC(=O)CCCCCCCCCCCCCCCCCCCCCCCCCCOC(=O)CCCCCCCCCCCCCC. The number of hydrogen-bond donors (Lipinski definition) is 3. The van der Waals surface area contributed by atoms with Crippen LogP contribution in [0.5, 0.6) is 0 Å². The van der Waals surface area contributed by atoms with E-state index in [0.717, 1.165) is 38.5 Å². The minimum Gasteiger partial charge on any atom is -0.466 e. The zero-order chi connectivity index (χ0) is 50.7. The first-order valence-electron chi connectivity index (χ1n) is 32.3. The van der Waals surface area contributed by atoms with E-state index in [1.165, 1.54) is 302 Å². The molecule has 2 atom stereocenters. The molecular formula is C64H127NO5. The number of esters is 1. The summed E-state index contributed by atoms with van der Waals surface area (Å²) in [7, 11) is 0. The van der Waals surface area contributed by atoms with Gasteiger partial charge in [-0.25, -0.2) is 0 Å². The summed E-state index contributed by atoms with van der Waals surface area (Å²) in [6.07, 6.45) is 71.2. The topological polar surface area (TPSA) is 95.9 Å². The molecule has 0 saturated heterocycles. The minimum atomic E-state index is -0.662. The van der Waals surface area contributed by atoms with Crippen LogP contribution in [0.1, 0.15) is 373 Å². The van der Waals surface area contributed by atoms with E-state index in [1.54, 1.807) is 0 Å². The maximum absolute atomic E-state index is 12.5. The highest BCUT2D eigenvalue weighted by Gasteiger charge is 2.20. The second-order valence-corrected chi connectivity index (χ2v) is 22.5. The molecule has 6 heteroatoms. The number of rotatable bonds is 61. The van der Waals surface area contributed by atoms with Crippen molar-refractivity contribution in [3.8, 4) is 0 Å². The highest BCUT2D eigenvalue weighted by Crippen LogP contribution is 2.19. The largest absolute Gasteiger partial charge is 0.466 e. The van der Waals surface area contributed by atoms with E-state index in [4.69, 9.17) is 4.74 Å². The van der Waals surface area contributed by atoms with Gasteiger partial charge in [-0.15, -0.1) is 0 Å². The highest BCUT2D eigenvalue weighted by atomic mass is 16.5. The van der Waals surface area contributed by atoms with Gasteiger partial charge in [-0.1, -0.05) is 335 Å². The molecule has 0 rings (SSSR count). The molecule has 1 amide bonds. The Morgan fingerprint density at radius 1 is 0.343 bits per heavy atom. The summed E-state index contributed by atoms with van der Waals surface area (Å²) in [4.78, 5) is 24.5. The molecule has 0 spiro atoms. The van der Waals surface area contributed by atoms with Crippen molar-refractivity contribution in [1.82, 2.24) is 5.32 Å². The van der Waals surface area contributed by atoms with Gasteiger partial charge in [0.15, 0.2) is 0 Å². The molecule has 0 aromatic carbocycles. The van der Waals surface area contributed by atoms with Crippen molar-refractivity contribution < 1.29 is 24.5 Å². The molecule has 0 saturated carbocycles. The standard InChI is InChI=1S/C64H127NO5/c1-3-5-7-9-11-13-15-17-18-27-30-33-36-40-44-48-52-56-62(67)61(60-66)65-63(68)57-53-49-45-41-37-34-31-28-25-23-21-19-20-22-24-26-29-32-35-39-43-47-51-55-59-70-64(69)58-54-50-46-42-38-16-14-12-10-8-6-4-2/h61-62,66-67H,3-60H2,1-2H3,(H,65,68). The summed E-state index contributed by atoms with van der Waals surface area (Å²) < 4.78 is 5.48. The van der Waals surface area contributed by atoms with Crippen LogP contribution < -0.4 is 5.32 Å². The van der Waals surface area contributed by atoms with Gasteiger partial charge in [-0.2, -0.15) is 0 Å². The lowest BCUT2D eigenvalue weighted by atomic mass is 10.0. The lowest BCUT2D eigenvalue weighted by Gasteiger charge is -2.22. The van der Waals surface area contributed by atoms with Crippen molar-refractivity contribution in [2.45, 2.75) is 386 Å². The predicted octanol–water partition coefficient (Wildman–Crippen LogP) is 20.3. The quantitative estimate of drug-likeness (QED) is 0.0417. The Morgan fingerprint density at radius 2 is 0.586 bits per heavy atom. The molecule has 70 heavy (non-hydrogen) atoms. The number of amides is 1. The maximum atomic E-state index is 12.5. The van der Waals surface area contributed by atoms with Crippen LogP contribution in [0.25, 0.3) is 0 Å². The Bertz CT molecular complexity index is 1010. The molecule has 0 aliphatic carbocycles. The third-order valence-corrected chi connectivity index (χ3v) is 15.4. The smallest absolute Gasteiger partial charge is 0.305 e. The number of nitrogens with one attached hydrogen (secondary N) is 1. The zero-order valence-electron chi connectivity index (χ0n) is 47.8. The van der Waals surface area contributed by atoms with Gasteiger partial charge in [0, 0.05) is 12.8 Å². The molecule has 3 N–H and O–H groups in total. The molecule has 0 aliphatic rings. The Balaban J connectivity index is 3.35. The highest BCUT2D eigenvalue weighted by molar-refractivity contribution is 5.76. The van der Waals surface area contributed by atoms with Crippen LogP contribution in [-0.2, 0) is 14.3 Å². The van der Waals surface area contributed by atoms with Crippen molar-refractivity contribution >= 4 is 11.9 Å². The summed E-state index contributed by atoms with van der Waals surface area (Å²) in [5.74, 6) is -0.0126. The van der Waals surface area contributed by atoms with Crippen LogP contribution >= 0.6 is 0 Å². The van der Waals surface area contributed by atoms with Crippen LogP contribution in [0.15, 0.2) is 0 Å². The van der Waals surface area contributed by atoms with Gasteiger partial charge in [0.25, 0.3) is 0 Å². The van der Waals surface area contributed by atoms with Gasteiger partial charge in [0.2, 0.25) is 5.91 Å². The van der Waals surface area contributed by atoms with Gasteiger partial charge in [-0.3, -0.25) is 9.59 Å². The van der Waals surface area contributed by atoms with Crippen molar-refractivity contribution in [2.75, 3.05) is 13.2 Å². The number of ether oxygens (including phenoxy) is 1. The molecule has 0 fully saturated rings. The third kappa shape index (κ3) is 56.2. The van der Waals surface area contributed by atoms with Crippen LogP contribution in [0.4, 0.5) is 0 Å². The van der Waals surface area contributed by atoms with E-state index >= 15 is 0 Å². The molecule has 0 aromatic rings. The second kappa shape index (κ2) is 60.4. The van der Waals surface area contributed by atoms with Crippen molar-refractivity contribution in [3.63, 3.8) is 0 Å². The van der Waals surface area contributed by atoms with Gasteiger partial charge in [0.05, 0.1) is 25.4 Å². The van der Waals surface area contributed by atoms with Gasteiger partial charge < -0.3 is 20.3 Å². The van der Waals surface area contributed by atoms with Crippen LogP contribution in [0.3, 0.4) is 0 Å². The number of aliphatic hydroxyl groups is 2. The number of hydrogen-bond acceptors (Lipinski definition) is 5. The van der Waals surface area contributed by atoms with E-state index in [-0.39, 0.29) is 18.5 Å². The van der Waals surface area contributed by atoms with Crippen LogP contribution in [0, 0.1) is 0 Å². The number of carbonyl (C=O) groups is 2. The first-order chi connectivity index (χ1) is 34.5. The predicted molar refractivity (Wildman–Crippen MR) is 306 cm³/mol. The molecular weight excluding hydrogens is 863 g/mol. The maximum Gasteiger partial charge on any atom is 0.305 e. The van der Waals surface area contributed by atoms with Crippen LogP contribution in [0.2, 0.25) is 0 Å². The molecule has 6 nitrogen and oxygen atoms in total. The first-order valence-corrected chi connectivity index (χ1v) is 32.3. The first kappa shape index (κ1) is 68.9. The number of unbranched alkanes of at least 4 members (excludes halogenated alkanes) is 50. The Labute approximate surface area is 438 Å². The fourth-order valence-corrected chi connectivity index (χ4v) is 10.5. The van der Waals surface area contributed by atoms with Crippen molar-refractivity contribution in [2.24, 2.45) is 0 Å². The monoisotopic (exact) mass is 990 g/mol. The van der Waals surface area contributed by atoms with E-state index in [1.807, 2.05) is 0 Å². The lowest BCUT2D eigenvalue weighted by molar-refractivity contribution is -0.143. The summed E-state index contributed by atoms with van der Waals surface area (Å²) in [5, 5.41) is 23.3. The van der Waals surface area contributed by atoms with Gasteiger partial charge >= 0.3 is 5.97 Å². The molecule has 0 radical (unpaired) electrons. The molecule has 0 aliphatic heterocycles. The number of aliphatic hydroxyl groups excluding tert-OH is 2. The average molecular weight is 991 g/mol. The lowest BCUT2D eigenvalue weighted by Crippen LogP contribution is -2.45. The summed E-state index contributed by atoms with van der Waals surface area (Å²) in [6, 6.07) is -0.539. The van der Waals surface area contributed by atoms with Gasteiger partial charge in [-0.05, 0) is 25.7 Å². The molecule has 0 heterocycles. The van der Waals surface area contributed by atoms with Crippen LogP contribution in [-0.4, -0.2) is 47.4 Å². The molecule has 0 bridgehead atoms. The molecule has 0 aromatic heterocycles. The zero-order valence-corrected chi connectivity index (χ0v) is 47.8. The Hall–Kier alpha value is -1.14. The minimum absolute atomic E-state index is 0.0172. The third-order valence-electron chi connectivity index (χ3n) is 15.4. The molecule has 418 valence electrons. The second-order valence-electron chi connectivity index (χ2n) is 22.5. The van der Waals surface area contributed by atoms with E-state index in [0.29, 0.717) is 25.9 Å². The summed E-state index contributed by atoms with van der Waals surface area (Å²) in [6.45, 7) is 4.99. The summed E-state index contributed by atoms with van der Waals surface area (Å²) >= 11 is 0. The Kier molecular flexibility index (Phi) is 59.4. The molecule has 2 unspecified atom stereocenters. The fourth-order valence-electron chi connectivity index (χ4n) is 10.5. The van der Waals surface area contributed by atoms with Gasteiger partial charge in [0.1, 0.15) is 0 Å². The van der Waals surface area contributed by atoms with E-state index in [9.17, 15) is 19.8 Å². The summed E-state index contributed by atoms with van der Waals surface area (Å²) in [5.41, 5.74) is 0. The Morgan fingerprint density at radius 3 is 0.871 bits per heavy atom. The number of carbonyl (C=O) groups excluding carboxylic acids is 2. The fraction of sp³-hybridized carbons (Fsp3) is 0.969. The van der Waals surface area contributed by atoms with E-state index in [2.05, 4.69) is 19.2 Å². The average Bonchev–Trinajstić information content (AvgIpc) is 3.36. The van der Waals surface area contributed by atoms with Crippen molar-refractivity contribution in [1.29, 1.82) is 0 Å².